The van der Waals surface area contributed by atoms with E-state index in [4.69, 9.17) is 4.74 Å². The van der Waals surface area contributed by atoms with E-state index in [1.165, 1.54) is 0 Å². The van der Waals surface area contributed by atoms with Crippen molar-refractivity contribution in [2.75, 3.05) is 26.7 Å². The van der Waals surface area contributed by atoms with Crippen LogP contribution in [-0.2, 0) is 20.9 Å². The fourth-order valence-electron chi connectivity index (χ4n) is 6.16. The summed E-state index contributed by atoms with van der Waals surface area (Å²) in [6.45, 7) is 3.24. The first kappa shape index (κ1) is 28.4. The van der Waals surface area contributed by atoms with E-state index >= 15 is 0 Å². The van der Waals surface area contributed by atoms with Crippen LogP contribution in [-0.4, -0.2) is 71.7 Å². The van der Waals surface area contributed by atoms with Crippen LogP contribution in [0, 0.1) is 5.92 Å². The molecule has 5 rings (SSSR count). The molecule has 8 nitrogen and oxygen atoms in total. The molecule has 3 aromatic carbocycles. The molecule has 3 atom stereocenters. The van der Waals surface area contributed by atoms with E-state index in [1.54, 1.807) is 4.90 Å². The number of carbonyl (C=O) groups excluding carboxylic acids is 2. The molecule has 1 aliphatic heterocycles. The van der Waals surface area contributed by atoms with Crippen molar-refractivity contribution in [1.82, 2.24) is 15.1 Å². The highest BCUT2D eigenvalue weighted by atomic mass is 16.5. The number of benzene rings is 3. The number of ether oxygens (including phenoxy) is 1. The minimum absolute atomic E-state index is 0.0851. The van der Waals surface area contributed by atoms with Gasteiger partial charge in [0, 0.05) is 31.6 Å². The zero-order valence-corrected chi connectivity index (χ0v) is 23.5. The quantitative estimate of drug-likeness (QED) is 0.396. The van der Waals surface area contributed by atoms with E-state index in [0.29, 0.717) is 25.9 Å². The summed E-state index contributed by atoms with van der Waals surface area (Å²) in [4.78, 5) is 42.2. The third-order valence-electron chi connectivity index (χ3n) is 8.23. The van der Waals surface area contributed by atoms with Gasteiger partial charge in [0.05, 0.1) is 5.92 Å². The predicted octanol–water partition coefficient (Wildman–Crippen LogP) is 4.74. The summed E-state index contributed by atoms with van der Waals surface area (Å²) in [7, 11) is 1.91. The molecule has 3 unspecified atom stereocenters. The molecule has 1 aliphatic carbocycles. The first-order valence-corrected chi connectivity index (χ1v) is 14.2. The van der Waals surface area contributed by atoms with Crippen LogP contribution in [0.15, 0.2) is 78.9 Å². The first-order chi connectivity index (χ1) is 19.8. The van der Waals surface area contributed by atoms with Crippen molar-refractivity contribution >= 4 is 18.0 Å². The number of hydrogen-bond donors (Lipinski definition) is 2. The number of fused-ring (bicyclic) bond motifs is 3. The van der Waals surface area contributed by atoms with Crippen LogP contribution in [0.3, 0.4) is 0 Å². The van der Waals surface area contributed by atoms with Gasteiger partial charge in [0.2, 0.25) is 5.91 Å². The topological polar surface area (TPSA) is 99.2 Å². The number of carbonyl (C=O) groups is 3. The molecular weight excluding hydrogens is 518 g/mol. The van der Waals surface area contributed by atoms with Crippen LogP contribution in [0.2, 0.25) is 0 Å². The van der Waals surface area contributed by atoms with Crippen molar-refractivity contribution < 1.29 is 24.2 Å². The Hall–Kier alpha value is -4.17. The molecule has 0 spiro atoms. The predicted molar refractivity (Wildman–Crippen MR) is 156 cm³/mol. The maximum atomic E-state index is 13.8. The van der Waals surface area contributed by atoms with Crippen molar-refractivity contribution in [1.29, 1.82) is 0 Å². The lowest BCUT2D eigenvalue weighted by Crippen LogP contribution is -2.57. The van der Waals surface area contributed by atoms with Crippen LogP contribution < -0.4 is 5.32 Å². The summed E-state index contributed by atoms with van der Waals surface area (Å²) in [5.41, 5.74) is 5.62. The highest BCUT2D eigenvalue weighted by Crippen LogP contribution is 2.44. The second-order valence-corrected chi connectivity index (χ2v) is 11.1. The number of likely N-dealkylation sites (tertiary alicyclic amines) is 1. The Balaban J connectivity index is 1.28. The van der Waals surface area contributed by atoms with Gasteiger partial charge in [-0.3, -0.25) is 14.5 Å². The standard InChI is InChI=1S/C33H37N3O5/c1-22-18-24(32(38)39)16-17-36(22)31(37)30(20-35(2)19-23-10-4-3-5-11-23)34-33(40)41-21-29-27-14-8-6-12-25(27)26-13-7-9-15-28(26)29/h3-15,22,24,29-30H,16-21H2,1-2H3,(H,34,40)(H,38,39). The molecule has 8 heteroatoms. The molecule has 41 heavy (non-hydrogen) atoms. The van der Waals surface area contributed by atoms with Crippen LogP contribution in [0.4, 0.5) is 4.79 Å². The Bertz CT molecular complexity index is 1350. The normalized spacial score (nSPS) is 18.9. The third kappa shape index (κ3) is 6.43. The average molecular weight is 556 g/mol. The van der Waals surface area contributed by atoms with Crippen molar-refractivity contribution in [2.45, 2.75) is 44.3 Å². The number of nitrogens with zero attached hydrogens (tertiary/aromatic N) is 2. The van der Waals surface area contributed by atoms with E-state index in [-0.39, 0.29) is 31.0 Å². The maximum absolute atomic E-state index is 13.8. The smallest absolute Gasteiger partial charge is 0.407 e. The molecule has 214 valence electrons. The van der Waals surface area contributed by atoms with Crippen molar-refractivity contribution in [3.05, 3.63) is 95.6 Å². The van der Waals surface area contributed by atoms with Crippen molar-refractivity contribution in [3.63, 3.8) is 0 Å². The number of carboxylic acids is 1. The maximum Gasteiger partial charge on any atom is 0.407 e. The molecule has 1 fully saturated rings. The van der Waals surface area contributed by atoms with Crippen molar-refractivity contribution in [2.24, 2.45) is 5.92 Å². The van der Waals surface area contributed by atoms with Gasteiger partial charge >= 0.3 is 12.1 Å². The van der Waals surface area contributed by atoms with Gasteiger partial charge in [0.25, 0.3) is 0 Å². The van der Waals surface area contributed by atoms with Gasteiger partial charge in [-0.2, -0.15) is 0 Å². The summed E-state index contributed by atoms with van der Waals surface area (Å²) >= 11 is 0. The van der Waals surface area contributed by atoms with E-state index in [2.05, 4.69) is 29.6 Å². The van der Waals surface area contributed by atoms with Gasteiger partial charge in [-0.15, -0.1) is 0 Å². The molecule has 2 aliphatic rings. The Morgan fingerprint density at radius 3 is 2.20 bits per heavy atom. The van der Waals surface area contributed by atoms with E-state index in [1.807, 2.05) is 73.5 Å². The number of rotatable bonds is 9. The van der Waals surface area contributed by atoms with E-state index < -0.39 is 24.0 Å². The molecule has 2 amide bonds. The Morgan fingerprint density at radius 2 is 1.59 bits per heavy atom. The highest BCUT2D eigenvalue weighted by Gasteiger charge is 2.36. The van der Waals surface area contributed by atoms with Gasteiger partial charge in [-0.05, 0) is 54.6 Å². The van der Waals surface area contributed by atoms with Gasteiger partial charge in [-0.1, -0.05) is 78.9 Å². The SMILES string of the molecule is CC1CC(C(=O)O)CCN1C(=O)C(CN(C)Cc1ccccc1)NC(=O)OCC1c2ccccc2-c2ccccc21. The summed E-state index contributed by atoms with van der Waals surface area (Å²) < 4.78 is 5.77. The van der Waals surface area contributed by atoms with Crippen molar-refractivity contribution in [3.8, 4) is 11.1 Å². The van der Waals surface area contributed by atoms with Gasteiger partial charge in [0.1, 0.15) is 12.6 Å². The molecule has 3 aromatic rings. The zero-order chi connectivity index (χ0) is 28.9. The number of alkyl carbamates (subject to hydrolysis) is 1. The molecule has 0 aromatic heterocycles. The Labute approximate surface area is 240 Å². The summed E-state index contributed by atoms with van der Waals surface area (Å²) in [5.74, 6) is -1.61. The summed E-state index contributed by atoms with van der Waals surface area (Å²) in [6, 6.07) is 25.1. The fourth-order valence-corrected chi connectivity index (χ4v) is 6.16. The summed E-state index contributed by atoms with van der Waals surface area (Å²) in [5, 5.41) is 12.3. The first-order valence-electron chi connectivity index (χ1n) is 14.2. The largest absolute Gasteiger partial charge is 0.481 e. The summed E-state index contributed by atoms with van der Waals surface area (Å²) in [6.07, 6.45) is 0.132. The van der Waals surface area contributed by atoms with Gasteiger partial charge < -0.3 is 20.1 Å². The molecule has 1 saturated heterocycles. The Kier molecular flexibility index (Phi) is 8.69. The lowest BCUT2D eigenvalue weighted by atomic mass is 9.91. The lowest BCUT2D eigenvalue weighted by molar-refractivity contribution is -0.148. The number of amides is 2. The van der Waals surface area contributed by atoms with E-state index in [9.17, 15) is 19.5 Å². The minimum atomic E-state index is -0.844. The Morgan fingerprint density at radius 1 is 0.976 bits per heavy atom. The van der Waals surface area contributed by atoms with Gasteiger partial charge in [-0.25, -0.2) is 4.79 Å². The molecule has 0 saturated carbocycles. The number of aliphatic carboxylic acids is 1. The number of likely N-dealkylation sites (N-methyl/N-ethyl adjacent to an activating group) is 1. The van der Waals surface area contributed by atoms with Crippen LogP contribution in [0.5, 0.6) is 0 Å². The number of piperidine rings is 1. The van der Waals surface area contributed by atoms with E-state index in [0.717, 1.165) is 27.8 Å². The van der Waals surface area contributed by atoms with Gasteiger partial charge in [0.15, 0.2) is 0 Å². The zero-order valence-electron chi connectivity index (χ0n) is 23.5. The second kappa shape index (κ2) is 12.6. The highest BCUT2D eigenvalue weighted by molar-refractivity contribution is 5.86. The lowest BCUT2D eigenvalue weighted by Gasteiger charge is -2.38. The molecule has 1 heterocycles. The molecule has 0 bridgehead atoms. The average Bonchev–Trinajstić information content (AvgIpc) is 3.29. The fraction of sp³-hybridized carbons (Fsp3) is 0.364. The number of hydrogen-bond acceptors (Lipinski definition) is 5. The minimum Gasteiger partial charge on any atom is -0.481 e. The van der Waals surface area contributed by atoms with Crippen LogP contribution in [0.25, 0.3) is 11.1 Å². The molecular formula is C33H37N3O5. The van der Waals surface area contributed by atoms with Crippen LogP contribution in [0.1, 0.15) is 42.4 Å². The molecule has 0 radical (unpaired) electrons. The monoisotopic (exact) mass is 555 g/mol. The second-order valence-electron chi connectivity index (χ2n) is 11.1. The van der Waals surface area contributed by atoms with Crippen LogP contribution >= 0.6 is 0 Å². The number of nitrogens with one attached hydrogen (secondary N) is 1. The molecule has 2 N–H and O–H groups in total. The third-order valence-corrected chi connectivity index (χ3v) is 8.23. The number of carboxylic acid groups (broad SMARTS) is 1.